The molecule has 0 aliphatic carbocycles. The lowest BCUT2D eigenvalue weighted by atomic mass is 10.1. The third-order valence-electron chi connectivity index (χ3n) is 5.28. The average Bonchev–Trinajstić information content (AvgIpc) is 2.78. The normalized spacial score (nSPS) is 12.7. The Bertz CT molecular complexity index is 790. The van der Waals surface area contributed by atoms with Crippen molar-refractivity contribution in [2.45, 2.75) is 65.6 Å². The maximum absolute atomic E-state index is 13.1. The van der Waals surface area contributed by atoms with Crippen LogP contribution in [0.1, 0.15) is 51.7 Å². The molecular formula is C25H34N2O3. The Kier molecular flexibility index (Phi) is 9.39. The third-order valence-corrected chi connectivity index (χ3v) is 5.28. The van der Waals surface area contributed by atoms with Crippen LogP contribution in [0.3, 0.4) is 0 Å². The highest BCUT2D eigenvalue weighted by Gasteiger charge is 2.29. The first-order valence-corrected chi connectivity index (χ1v) is 10.8. The van der Waals surface area contributed by atoms with Crippen LogP contribution in [0.5, 0.6) is 5.75 Å². The monoisotopic (exact) mass is 410 g/mol. The number of carbonyl (C=O) groups is 2. The molecule has 2 rings (SSSR count). The van der Waals surface area contributed by atoms with Gasteiger partial charge in [-0.05, 0) is 49.4 Å². The smallest absolute Gasteiger partial charge is 0.261 e. The first-order valence-electron chi connectivity index (χ1n) is 10.8. The second kappa shape index (κ2) is 12.0. The molecule has 0 aliphatic heterocycles. The molecule has 0 radical (unpaired) electrons. The van der Waals surface area contributed by atoms with Crippen LogP contribution in [0, 0.1) is 0 Å². The number of amides is 2. The molecule has 0 saturated carbocycles. The summed E-state index contributed by atoms with van der Waals surface area (Å²) < 4.78 is 5.74. The van der Waals surface area contributed by atoms with Crippen LogP contribution in [0.4, 0.5) is 0 Å². The minimum atomic E-state index is -0.544. The van der Waals surface area contributed by atoms with Crippen molar-refractivity contribution in [3.05, 3.63) is 65.7 Å². The van der Waals surface area contributed by atoms with Gasteiger partial charge in [-0.1, -0.05) is 63.2 Å². The summed E-state index contributed by atoms with van der Waals surface area (Å²) in [6.45, 7) is 8.27. The van der Waals surface area contributed by atoms with Gasteiger partial charge in [0.05, 0.1) is 0 Å². The fourth-order valence-corrected chi connectivity index (χ4v) is 3.19. The van der Waals surface area contributed by atoms with E-state index in [4.69, 9.17) is 4.74 Å². The first-order chi connectivity index (χ1) is 14.5. The summed E-state index contributed by atoms with van der Waals surface area (Å²) in [4.78, 5) is 27.6. The van der Waals surface area contributed by atoms with Gasteiger partial charge in [-0.2, -0.15) is 0 Å². The lowest BCUT2D eigenvalue weighted by Gasteiger charge is -2.31. The lowest BCUT2D eigenvalue weighted by molar-refractivity contribution is -0.143. The Balaban J connectivity index is 2.15. The van der Waals surface area contributed by atoms with Gasteiger partial charge >= 0.3 is 0 Å². The van der Waals surface area contributed by atoms with Crippen LogP contribution in [0.2, 0.25) is 0 Å². The van der Waals surface area contributed by atoms with Crippen molar-refractivity contribution in [2.75, 3.05) is 6.61 Å². The summed E-state index contributed by atoms with van der Waals surface area (Å²) >= 11 is 0. The van der Waals surface area contributed by atoms with Gasteiger partial charge in [0, 0.05) is 12.6 Å². The van der Waals surface area contributed by atoms with Crippen molar-refractivity contribution in [1.29, 1.82) is 0 Å². The van der Waals surface area contributed by atoms with Crippen LogP contribution in [-0.2, 0) is 22.6 Å². The number of hydrogen-bond acceptors (Lipinski definition) is 3. The van der Waals surface area contributed by atoms with E-state index in [-0.39, 0.29) is 24.5 Å². The lowest BCUT2D eigenvalue weighted by Crippen LogP contribution is -2.51. The van der Waals surface area contributed by atoms with E-state index in [1.54, 1.807) is 4.90 Å². The van der Waals surface area contributed by atoms with E-state index in [9.17, 15) is 9.59 Å². The molecule has 0 aliphatic rings. The predicted octanol–water partition coefficient (Wildman–Crippen LogP) is 4.35. The van der Waals surface area contributed by atoms with Gasteiger partial charge in [-0.15, -0.1) is 0 Å². The Morgan fingerprint density at radius 3 is 2.17 bits per heavy atom. The van der Waals surface area contributed by atoms with Crippen molar-refractivity contribution in [1.82, 2.24) is 10.2 Å². The molecule has 0 aromatic heterocycles. The van der Waals surface area contributed by atoms with Crippen molar-refractivity contribution < 1.29 is 14.3 Å². The second-order valence-electron chi connectivity index (χ2n) is 7.54. The summed E-state index contributed by atoms with van der Waals surface area (Å²) in [7, 11) is 0. The zero-order valence-electron chi connectivity index (χ0n) is 18.6. The number of carbonyl (C=O) groups excluding carboxylic acids is 2. The minimum Gasteiger partial charge on any atom is -0.484 e. The molecule has 0 spiro atoms. The van der Waals surface area contributed by atoms with E-state index >= 15 is 0 Å². The molecule has 2 atom stereocenters. The molecule has 30 heavy (non-hydrogen) atoms. The zero-order valence-corrected chi connectivity index (χ0v) is 18.6. The molecule has 0 bridgehead atoms. The highest BCUT2D eigenvalue weighted by molar-refractivity contribution is 5.88. The molecule has 162 valence electrons. The zero-order chi connectivity index (χ0) is 21.9. The number of hydrogen-bond donors (Lipinski definition) is 1. The predicted molar refractivity (Wildman–Crippen MR) is 120 cm³/mol. The molecular weight excluding hydrogens is 376 g/mol. The van der Waals surface area contributed by atoms with Gasteiger partial charge in [-0.3, -0.25) is 9.59 Å². The van der Waals surface area contributed by atoms with E-state index in [1.807, 2.05) is 75.4 Å². The van der Waals surface area contributed by atoms with Gasteiger partial charge in [0.25, 0.3) is 5.91 Å². The number of benzene rings is 2. The fourth-order valence-electron chi connectivity index (χ4n) is 3.19. The van der Waals surface area contributed by atoms with E-state index in [1.165, 1.54) is 5.56 Å². The molecule has 5 nitrogen and oxygen atoms in total. The van der Waals surface area contributed by atoms with E-state index < -0.39 is 6.04 Å². The molecule has 2 aromatic carbocycles. The highest BCUT2D eigenvalue weighted by atomic mass is 16.5. The highest BCUT2D eigenvalue weighted by Crippen LogP contribution is 2.16. The number of nitrogens with one attached hydrogen (secondary N) is 1. The number of aryl methyl sites for hydroxylation is 1. The second-order valence-corrected chi connectivity index (χ2v) is 7.54. The Labute approximate surface area is 180 Å². The molecule has 2 amide bonds. The number of rotatable bonds is 11. The molecule has 0 fully saturated rings. The topological polar surface area (TPSA) is 58.6 Å². The molecule has 0 unspecified atom stereocenters. The van der Waals surface area contributed by atoms with E-state index in [2.05, 4.69) is 12.2 Å². The largest absolute Gasteiger partial charge is 0.484 e. The van der Waals surface area contributed by atoms with E-state index in [0.29, 0.717) is 18.7 Å². The van der Waals surface area contributed by atoms with Crippen LogP contribution in [-0.4, -0.2) is 35.4 Å². The van der Waals surface area contributed by atoms with Crippen LogP contribution in [0.25, 0.3) is 0 Å². The molecule has 2 aromatic rings. The van der Waals surface area contributed by atoms with Crippen LogP contribution >= 0.6 is 0 Å². The van der Waals surface area contributed by atoms with Gasteiger partial charge in [-0.25, -0.2) is 0 Å². The van der Waals surface area contributed by atoms with Gasteiger partial charge in [0.15, 0.2) is 6.61 Å². The summed E-state index contributed by atoms with van der Waals surface area (Å²) in [5, 5.41) is 3.01. The van der Waals surface area contributed by atoms with Crippen molar-refractivity contribution >= 4 is 11.8 Å². The standard InChI is InChI=1S/C25H34N2O3/c1-5-19(4)26-25(29)23(7-3)27(17-21-11-9-8-10-12-21)24(28)18-30-22-15-13-20(6-2)14-16-22/h8-16,19,23H,5-7,17-18H2,1-4H3,(H,26,29)/t19-,23+/m1/s1. The summed E-state index contributed by atoms with van der Waals surface area (Å²) in [6, 6.07) is 17.0. The number of ether oxygens (including phenoxy) is 1. The van der Waals surface area contributed by atoms with Crippen LogP contribution in [0.15, 0.2) is 54.6 Å². The Hall–Kier alpha value is -2.82. The maximum atomic E-state index is 13.1. The molecule has 0 heterocycles. The quantitative estimate of drug-likeness (QED) is 0.599. The van der Waals surface area contributed by atoms with Crippen molar-refractivity contribution in [3.8, 4) is 5.75 Å². The van der Waals surface area contributed by atoms with Gasteiger partial charge in [0.1, 0.15) is 11.8 Å². The minimum absolute atomic E-state index is 0.0635. The van der Waals surface area contributed by atoms with Gasteiger partial charge < -0.3 is 15.0 Å². The number of nitrogens with zero attached hydrogens (tertiary/aromatic N) is 1. The summed E-state index contributed by atoms with van der Waals surface area (Å²) in [6.07, 6.45) is 2.32. The maximum Gasteiger partial charge on any atom is 0.261 e. The fraction of sp³-hybridized carbons (Fsp3) is 0.440. The van der Waals surface area contributed by atoms with Crippen LogP contribution < -0.4 is 10.1 Å². The first kappa shape index (κ1) is 23.5. The van der Waals surface area contributed by atoms with E-state index in [0.717, 1.165) is 18.4 Å². The Morgan fingerprint density at radius 2 is 1.60 bits per heavy atom. The molecule has 5 heteroatoms. The van der Waals surface area contributed by atoms with Gasteiger partial charge in [0.2, 0.25) is 5.91 Å². The Morgan fingerprint density at radius 1 is 0.933 bits per heavy atom. The molecule has 1 N–H and O–H groups in total. The van der Waals surface area contributed by atoms with Crippen molar-refractivity contribution in [2.24, 2.45) is 0 Å². The third kappa shape index (κ3) is 6.90. The summed E-state index contributed by atoms with van der Waals surface area (Å²) in [5.41, 5.74) is 2.19. The molecule has 0 saturated heterocycles. The SMILES string of the molecule is CCc1ccc(OCC(=O)N(Cc2ccccc2)[C@@H](CC)C(=O)N[C@H](C)CC)cc1. The average molecular weight is 411 g/mol. The van der Waals surface area contributed by atoms with Crippen molar-refractivity contribution in [3.63, 3.8) is 0 Å². The summed E-state index contributed by atoms with van der Waals surface area (Å²) in [5.74, 6) is 0.324.